The third-order valence-corrected chi connectivity index (χ3v) is 2.41. The molecule has 0 bridgehead atoms. The number of benzene rings is 1. The summed E-state index contributed by atoms with van der Waals surface area (Å²) in [4.78, 5) is 11.8. The van der Waals surface area contributed by atoms with Crippen LogP contribution >= 0.6 is 0 Å². The van der Waals surface area contributed by atoms with E-state index in [1.807, 2.05) is 40.7 Å². The molecule has 0 aliphatic heterocycles. The second-order valence-corrected chi connectivity index (χ2v) is 5.70. The Balaban J connectivity index is 2.92. The molecule has 1 amide bonds. The molecule has 18 heavy (non-hydrogen) atoms. The van der Waals surface area contributed by atoms with Crippen molar-refractivity contribution < 1.29 is 9.90 Å². The number of rotatable bonds is 2. The van der Waals surface area contributed by atoms with Gasteiger partial charge in [0.15, 0.2) is 0 Å². The minimum absolute atomic E-state index is 0.0723. The van der Waals surface area contributed by atoms with E-state index < -0.39 is 5.41 Å². The normalized spacial score (nSPS) is 10.9. The first-order valence-corrected chi connectivity index (χ1v) is 5.99. The summed E-state index contributed by atoms with van der Waals surface area (Å²) < 4.78 is 0. The van der Waals surface area contributed by atoms with Gasteiger partial charge in [-0.25, -0.2) is 0 Å². The summed E-state index contributed by atoms with van der Waals surface area (Å²) in [5.41, 5.74) is 2.02. The van der Waals surface area contributed by atoms with Crippen molar-refractivity contribution >= 4 is 17.7 Å². The highest BCUT2D eigenvalue weighted by atomic mass is 16.3. The Bertz CT molecular complexity index is 478. The molecule has 0 aromatic heterocycles. The second-order valence-electron chi connectivity index (χ2n) is 5.70. The molecular weight excluding hydrogens is 226 g/mol. The molecule has 0 heterocycles. The average Bonchev–Trinajstić information content (AvgIpc) is 2.20. The number of phenolic OH excluding ortho intramolecular Hbond substituents is 1. The Morgan fingerprint density at radius 3 is 2.33 bits per heavy atom. The van der Waals surface area contributed by atoms with E-state index in [2.05, 4.69) is 5.32 Å². The maximum atomic E-state index is 11.8. The van der Waals surface area contributed by atoms with Crippen molar-refractivity contribution in [3.63, 3.8) is 0 Å². The van der Waals surface area contributed by atoms with E-state index in [0.29, 0.717) is 5.69 Å². The monoisotopic (exact) mass is 247 g/mol. The molecule has 0 aliphatic carbocycles. The van der Waals surface area contributed by atoms with E-state index in [1.165, 1.54) is 0 Å². The van der Waals surface area contributed by atoms with Gasteiger partial charge in [-0.2, -0.15) is 0 Å². The van der Waals surface area contributed by atoms with Crippen LogP contribution in [0.3, 0.4) is 0 Å². The van der Waals surface area contributed by atoms with Crippen LogP contribution < -0.4 is 5.32 Å². The van der Waals surface area contributed by atoms with Crippen LogP contribution in [-0.4, -0.2) is 11.0 Å². The molecule has 98 valence electrons. The third kappa shape index (κ3) is 3.91. The molecule has 2 N–H and O–H groups in total. The highest BCUT2D eigenvalue weighted by molar-refractivity contribution is 5.94. The molecule has 1 rings (SSSR count). The van der Waals surface area contributed by atoms with Crippen molar-refractivity contribution in [2.45, 2.75) is 34.6 Å². The van der Waals surface area contributed by atoms with Gasteiger partial charge in [0.05, 0.1) is 0 Å². The smallest absolute Gasteiger partial charge is 0.229 e. The fourth-order valence-electron chi connectivity index (χ4n) is 1.37. The van der Waals surface area contributed by atoms with Gasteiger partial charge in [0.2, 0.25) is 5.91 Å². The van der Waals surface area contributed by atoms with Crippen molar-refractivity contribution in [1.29, 1.82) is 0 Å². The van der Waals surface area contributed by atoms with Gasteiger partial charge in [-0.15, -0.1) is 0 Å². The average molecular weight is 247 g/mol. The SMILES string of the molecule is CC(C)=Cc1ccc(NC(=O)C(C)(C)C)cc1O. The molecule has 0 saturated heterocycles. The fourth-order valence-corrected chi connectivity index (χ4v) is 1.37. The first-order valence-electron chi connectivity index (χ1n) is 5.99. The zero-order valence-corrected chi connectivity index (χ0v) is 11.7. The number of hydrogen-bond donors (Lipinski definition) is 2. The highest BCUT2D eigenvalue weighted by Crippen LogP contribution is 2.25. The lowest BCUT2D eigenvalue weighted by atomic mass is 9.95. The Morgan fingerprint density at radius 1 is 1.28 bits per heavy atom. The standard InChI is InChI=1S/C15H21NO2/c1-10(2)8-11-6-7-12(9-13(11)17)16-14(18)15(3,4)5/h6-9,17H,1-5H3,(H,16,18). The van der Waals surface area contributed by atoms with Gasteiger partial charge in [0.1, 0.15) is 5.75 Å². The van der Waals surface area contributed by atoms with Crippen molar-refractivity contribution in [2.24, 2.45) is 5.41 Å². The minimum Gasteiger partial charge on any atom is -0.507 e. The van der Waals surface area contributed by atoms with Crippen LogP contribution in [0.2, 0.25) is 0 Å². The van der Waals surface area contributed by atoms with Gasteiger partial charge < -0.3 is 10.4 Å². The van der Waals surface area contributed by atoms with Crippen LogP contribution in [0.15, 0.2) is 23.8 Å². The van der Waals surface area contributed by atoms with Crippen molar-refractivity contribution in [1.82, 2.24) is 0 Å². The van der Waals surface area contributed by atoms with E-state index in [0.717, 1.165) is 11.1 Å². The molecule has 1 aromatic carbocycles. The summed E-state index contributed by atoms with van der Waals surface area (Å²) in [6.07, 6.45) is 1.89. The minimum atomic E-state index is -0.450. The molecule has 0 atom stereocenters. The maximum absolute atomic E-state index is 11.8. The molecular formula is C15H21NO2. The van der Waals surface area contributed by atoms with Gasteiger partial charge in [-0.3, -0.25) is 4.79 Å². The van der Waals surface area contributed by atoms with Crippen LogP contribution in [0.4, 0.5) is 5.69 Å². The molecule has 3 heteroatoms. The van der Waals surface area contributed by atoms with Gasteiger partial charge >= 0.3 is 0 Å². The van der Waals surface area contributed by atoms with E-state index >= 15 is 0 Å². The van der Waals surface area contributed by atoms with Gasteiger partial charge in [0, 0.05) is 22.7 Å². The van der Waals surface area contributed by atoms with Crippen molar-refractivity contribution in [2.75, 3.05) is 5.32 Å². The second kappa shape index (κ2) is 5.25. The Labute approximate surface area is 109 Å². The van der Waals surface area contributed by atoms with Crippen molar-refractivity contribution in [3.05, 3.63) is 29.3 Å². The van der Waals surface area contributed by atoms with Crippen LogP contribution in [-0.2, 0) is 4.79 Å². The topological polar surface area (TPSA) is 49.3 Å². The quantitative estimate of drug-likeness (QED) is 0.835. The number of amides is 1. The molecule has 1 aromatic rings. The number of phenols is 1. The lowest BCUT2D eigenvalue weighted by Crippen LogP contribution is -2.27. The molecule has 0 unspecified atom stereocenters. The first kappa shape index (κ1) is 14.3. The van der Waals surface area contributed by atoms with Crippen molar-refractivity contribution in [3.8, 4) is 5.75 Å². The van der Waals surface area contributed by atoms with Gasteiger partial charge in [0.25, 0.3) is 0 Å². The molecule has 0 aliphatic rings. The summed E-state index contributed by atoms with van der Waals surface area (Å²) in [6.45, 7) is 9.47. The highest BCUT2D eigenvalue weighted by Gasteiger charge is 2.21. The number of hydrogen-bond acceptors (Lipinski definition) is 2. The van der Waals surface area contributed by atoms with Gasteiger partial charge in [-0.1, -0.05) is 32.4 Å². The molecule has 3 nitrogen and oxygen atoms in total. The maximum Gasteiger partial charge on any atom is 0.229 e. The van der Waals surface area contributed by atoms with E-state index in [4.69, 9.17) is 0 Å². The summed E-state index contributed by atoms with van der Waals surface area (Å²) >= 11 is 0. The Hall–Kier alpha value is -1.77. The van der Waals surface area contributed by atoms with Crippen LogP contribution in [0, 0.1) is 5.41 Å². The lowest BCUT2D eigenvalue weighted by Gasteiger charge is -2.18. The largest absolute Gasteiger partial charge is 0.507 e. The predicted octanol–water partition coefficient (Wildman–Crippen LogP) is 3.80. The number of aromatic hydroxyl groups is 1. The van der Waals surface area contributed by atoms with Crippen LogP contribution in [0.5, 0.6) is 5.75 Å². The summed E-state index contributed by atoms with van der Waals surface area (Å²) in [7, 11) is 0. The lowest BCUT2D eigenvalue weighted by molar-refractivity contribution is -0.123. The van der Waals surface area contributed by atoms with E-state index in [9.17, 15) is 9.90 Å². The zero-order chi connectivity index (χ0) is 13.9. The van der Waals surface area contributed by atoms with E-state index in [1.54, 1.807) is 18.2 Å². The first-order chi connectivity index (χ1) is 8.20. The van der Waals surface area contributed by atoms with Crippen LogP contribution in [0.25, 0.3) is 6.08 Å². The molecule has 0 radical (unpaired) electrons. The number of carbonyl (C=O) groups excluding carboxylic acids is 1. The zero-order valence-electron chi connectivity index (χ0n) is 11.7. The third-order valence-electron chi connectivity index (χ3n) is 2.41. The summed E-state index contributed by atoms with van der Waals surface area (Å²) in [6, 6.07) is 5.15. The Morgan fingerprint density at radius 2 is 1.89 bits per heavy atom. The molecule has 0 spiro atoms. The number of anilines is 1. The van der Waals surface area contributed by atoms with Crippen LogP contribution in [0.1, 0.15) is 40.2 Å². The Kier molecular flexibility index (Phi) is 4.17. The molecule has 0 fully saturated rings. The number of allylic oxidation sites excluding steroid dienone is 1. The summed E-state index contributed by atoms with van der Waals surface area (Å²) in [5, 5.41) is 12.6. The number of carbonyl (C=O) groups is 1. The number of nitrogens with one attached hydrogen (secondary N) is 1. The van der Waals surface area contributed by atoms with E-state index in [-0.39, 0.29) is 11.7 Å². The van der Waals surface area contributed by atoms with Gasteiger partial charge in [-0.05, 0) is 26.0 Å². The fraction of sp³-hybridized carbons (Fsp3) is 0.400. The molecule has 0 saturated carbocycles. The predicted molar refractivity (Wildman–Crippen MR) is 75.5 cm³/mol. The summed E-state index contributed by atoms with van der Waals surface area (Å²) in [5.74, 6) is 0.0970.